The number of rotatable bonds is 1. The molecule has 1 heterocycles. The molecule has 0 saturated heterocycles. The summed E-state index contributed by atoms with van der Waals surface area (Å²) >= 11 is 5.93. The van der Waals surface area contributed by atoms with Crippen molar-refractivity contribution in [1.82, 2.24) is 4.98 Å². The monoisotopic (exact) mass is 211 g/mol. The fourth-order valence-electron chi connectivity index (χ4n) is 1.25. The molecule has 4 heteroatoms. The van der Waals surface area contributed by atoms with Gasteiger partial charge in [-0.3, -0.25) is 0 Å². The molecule has 0 fully saturated rings. The third-order valence-electron chi connectivity index (χ3n) is 1.93. The Hall–Kier alpha value is -1.35. The van der Waals surface area contributed by atoms with Gasteiger partial charge in [0, 0.05) is 11.5 Å². The quantitative estimate of drug-likeness (QED) is 0.723. The molecule has 0 aliphatic carbocycles. The fraction of sp³-hybridized carbons (Fsp3) is 0.100. The highest BCUT2D eigenvalue weighted by Gasteiger charge is 2.07. The number of halogens is 2. The third-order valence-corrected chi connectivity index (χ3v) is 2.24. The molecule has 2 nitrogen and oxygen atoms in total. The minimum absolute atomic E-state index is 0.233. The summed E-state index contributed by atoms with van der Waals surface area (Å²) in [5, 5.41) is 1.03. The minimum atomic E-state index is -0.400. The van der Waals surface area contributed by atoms with Crippen LogP contribution >= 0.6 is 11.6 Å². The van der Waals surface area contributed by atoms with E-state index >= 15 is 0 Å². The van der Waals surface area contributed by atoms with Crippen molar-refractivity contribution in [3.63, 3.8) is 0 Å². The number of methoxy groups -OCH3 is 1. The number of hydrogen-bond donors (Lipinski definition) is 0. The molecule has 1 aromatic carbocycles. The van der Waals surface area contributed by atoms with Gasteiger partial charge in [0.1, 0.15) is 11.3 Å². The van der Waals surface area contributed by atoms with Gasteiger partial charge in [0.2, 0.25) is 5.88 Å². The zero-order valence-electron chi connectivity index (χ0n) is 7.42. The minimum Gasteiger partial charge on any atom is -0.481 e. The normalized spacial score (nSPS) is 10.5. The summed E-state index contributed by atoms with van der Waals surface area (Å²) in [6.45, 7) is 0. The van der Waals surface area contributed by atoms with Crippen LogP contribution in [0.25, 0.3) is 10.9 Å². The summed E-state index contributed by atoms with van der Waals surface area (Å²) in [5.41, 5.74) is 0.233. The molecular weight excluding hydrogens is 205 g/mol. The highest BCUT2D eigenvalue weighted by Crippen LogP contribution is 2.27. The van der Waals surface area contributed by atoms with E-state index in [0.717, 1.165) is 0 Å². The van der Waals surface area contributed by atoms with Crippen molar-refractivity contribution in [3.8, 4) is 5.88 Å². The lowest BCUT2D eigenvalue weighted by Gasteiger charge is -2.04. The lowest BCUT2D eigenvalue weighted by Crippen LogP contribution is -1.90. The van der Waals surface area contributed by atoms with E-state index in [4.69, 9.17) is 16.3 Å². The largest absolute Gasteiger partial charge is 0.481 e. The van der Waals surface area contributed by atoms with Crippen LogP contribution in [0.2, 0.25) is 5.02 Å². The predicted octanol–water partition coefficient (Wildman–Crippen LogP) is 3.04. The first-order valence-corrected chi connectivity index (χ1v) is 4.39. The van der Waals surface area contributed by atoms with Crippen LogP contribution in [0.5, 0.6) is 5.88 Å². The van der Waals surface area contributed by atoms with Gasteiger partial charge in [0.15, 0.2) is 0 Å². The second-order valence-electron chi connectivity index (χ2n) is 2.78. The molecule has 0 radical (unpaired) electrons. The van der Waals surface area contributed by atoms with E-state index in [-0.39, 0.29) is 5.52 Å². The number of pyridine rings is 1. The van der Waals surface area contributed by atoms with Crippen molar-refractivity contribution in [2.24, 2.45) is 0 Å². The summed E-state index contributed by atoms with van der Waals surface area (Å²) in [7, 11) is 1.46. The molecule has 2 aromatic rings. The van der Waals surface area contributed by atoms with Gasteiger partial charge in [-0.25, -0.2) is 9.37 Å². The number of hydrogen-bond acceptors (Lipinski definition) is 2. The van der Waals surface area contributed by atoms with Crippen molar-refractivity contribution in [3.05, 3.63) is 35.1 Å². The molecule has 2 rings (SSSR count). The Bertz CT molecular complexity index is 487. The average molecular weight is 212 g/mol. The molecule has 0 saturated carbocycles. The third kappa shape index (κ3) is 1.40. The number of benzene rings is 1. The van der Waals surface area contributed by atoms with Gasteiger partial charge >= 0.3 is 0 Å². The maximum Gasteiger partial charge on any atom is 0.215 e. The van der Waals surface area contributed by atoms with Crippen molar-refractivity contribution in [1.29, 1.82) is 0 Å². The first-order chi connectivity index (χ1) is 6.72. The van der Waals surface area contributed by atoms with E-state index in [1.54, 1.807) is 18.2 Å². The number of fused-ring (bicyclic) bond motifs is 1. The standard InChI is InChI=1S/C10H7ClFNO/c1-14-9-5-7(11)6-3-2-4-8(12)10(6)13-9/h2-5H,1H3. The van der Waals surface area contributed by atoms with E-state index in [1.165, 1.54) is 13.2 Å². The van der Waals surface area contributed by atoms with E-state index in [9.17, 15) is 4.39 Å². The highest BCUT2D eigenvalue weighted by molar-refractivity contribution is 6.35. The number of para-hydroxylation sites is 1. The van der Waals surface area contributed by atoms with Crippen LogP contribution in [0.3, 0.4) is 0 Å². The van der Waals surface area contributed by atoms with Gasteiger partial charge in [-0.2, -0.15) is 0 Å². The van der Waals surface area contributed by atoms with Gasteiger partial charge in [-0.15, -0.1) is 0 Å². The predicted molar refractivity (Wildman–Crippen MR) is 53.3 cm³/mol. The Morgan fingerprint density at radius 2 is 2.21 bits per heavy atom. The van der Waals surface area contributed by atoms with Crippen LogP contribution in [0.15, 0.2) is 24.3 Å². The van der Waals surface area contributed by atoms with E-state index in [0.29, 0.717) is 16.3 Å². The summed E-state index contributed by atoms with van der Waals surface area (Å²) in [5.74, 6) is -0.0871. The first-order valence-electron chi connectivity index (χ1n) is 4.01. The van der Waals surface area contributed by atoms with Crippen LogP contribution in [0.1, 0.15) is 0 Å². The van der Waals surface area contributed by atoms with Crippen LogP contribution in [-0.2, 0) is 0 Å². The highest BCUT2D eigenvalue weighted by atomic mass is 35.5. The number of nitrogens with zero attached hydrogens (tertiary/aromatic N) is 1. The average Bonchev–Trinajstić information content (AvgIpc) is 2.19. The van der Waals surface area contributed by atoms with E-state index < -0.39 is 5.82 Å². The molecule has 1 aromatic heterocycles. The van der Waals surface area contributed by atoms with E-state index in [2.05, 4.69) is 4.98 Å². The van der Waals surface area contributed by atoms with Crippen molar-refractivity contribution in [2.75, 3.05) is 7.11 Å². The van der Waals surface area contributed by atoms with E-state index in [1.807, 2.05) is 0 Å². The maximum atomic E-state index is 13.3. The molecular formula is C10H7ClFNO. The molecule has 0 spiro atoms. The number of aromatic nitrogens is 1. The molecule has 0 aliphatic heterocycles. The molecule has 0 unspecified atom stereocenters. The van der Waals surface area contributed by atoms with Crippen LogP contribution in [0, 0.1) is 5.82 Å². The molecule has 0 N–H and O–H groups in total. The van der Waals surface area contributed by atoms with Crippen LogP contribution in [-0.4, -0.2) is 12.1 Å². The second kappa shape index (κ2) is 3.42. The Balaban J connectivity index is 2.83. The molecule has 0 bridgehead atoms. The zero-order valence-corrected chi connectivity index (χ0v) is 8.18. The Kier molecular flexibility index (Phi) is 2.25. The van der Waals surface area contributed by atoms with Crippen LogP contribution in [0.4, 0.5) is 4.39 Å². The van der Waals surface area contributed by atoms with Crippen molar-refractivity contribution < 1.29 is 9.13 Å². The molecule has 0 aliphatic rings. The molecule has 0 amide bonds. The van der Waals surface area contributed by atoms with Gasteiger partial charge < -0.3 is 4.74 Å². The fourth-order valence-corrected chi connectivity index (χ4v) is 1.50. The maximum absolute atomic E-state index is 13.3. The van der Waals surface area contributed by atoms with Gasteiger partial charge in [-0.05, 0) is 6.07 Å². The lowest BCUT2D eigenvalue weighted by atomic mass is 10.2. The van der Waals surface area contributed by atoms with Crippen molar-refractivity contribution >= 4 is 22.5 Å². The Labute approximate surface area is 85.3 Å². The molecule has 72 valence electrons. The van der Waals surface area contributed by atoms with Gasteiger partial charge in [0.25, 0.3) is 0 Å². The summed E-state index contributed by atoms with van der Waals surface area (Å²) in [6, 6.07) is 6.21. The molecule has 0 atom stereocenters. The Morgan fingerprint density at radius 3 is 2.93 bits per heavy atom. The topological polar surface area (TPSA) is 22.1 Å². The summed E-state index contributed by atoms with van der Waals surface area (Å²) < 4.78 is 18.2. The lowest BCUT2D eigenvalue weighted by molar-refractivity contribution is 0.399. The SMILES string of the molecule is COc1cc(Cl)c2cccc(F)c2n1. The van der Waals surface area contributed by atoms with Gasteiger partial charge in [0.05, 0.1) is 12.1 Å². The first kappa shape index (κ1) is 9.21. The van der Waals surface area contributed by atoms with Crippen molar-refractivity contribution in [2.45, 2.75) is 0 Å². The molecule has 14 heavy (non-hydrogen) atoms. The smallest absolute Gasteiger partial charge is 0.215 e. The van der Waals surface area contributed by atoms with Gasteiger partial charge in [-0.1, -0.05) is 23.7 Å². The van der Waals surface area contributed by atoms with Crippen LogP contribution < -0.4 is 4.74 Å². The second-order valence-corrected chi connectivity index (χ2v) is 3.19. The summed E-state index contributed by atoms with van der Waals surface area (Å²) in [4.78, 5) is 3.97. The zero-order chi connectivity index (χ0) is 10.1. The summed E-state index contributed by atoms with van der Waals surface area (Å²) in [6.07, 6.45) is 0. The number of ether oxygens (including phenoxy) is 1. The Morgan fingerprint density at radius 1 is 1.43 bits per heavy atom.